The Bertz CT molecular complexity index is 340. The van der Waals surface area contributed by atoms with Crippen LogP contribution in [0.3, 0.4) is 0 Å². The molecule has 0 aromatic heterocycles. The van der Waals surface area contributed by atoms with Crippen LogP contribution in [0.2, 0.25) is 0 Å². The molecule has 1 aliphatic rings. The van der Waals surface area contributed by atoms with Crippen LogP contribution >= 0.6 is 12.4 Å². The predicted octanol–water partition coefficient (Wildman–Crippen LogP) is 3.01. The van der Waals surface area contributed by atoms with Crippen LogP contribution in [0.15, 0.2) is 24.3 Å². The summed E-state index contributed by atoms with van der Waals surface area (Å²) < 4.78 is 5.31. The van der Waals surface area contributed by atoms with Gasteiger partial charge in [0.1, 0.15) is 5.75 Å². The Morgan fingerprint density at radius 2 is 1.89 bits per heavy atom. The monoisotopic (exact) mass is 270 g/mol. The number of hydrogen-bond donors (Lipinski definition) is 1. The van der Waals surface area contributed by atoms with E-state index in [0.717, 1.165) is 24.5 Å². The van der Waals surface area contributed by atoms with Gasteiger partial charge in [0.25, 0.3) is 0 Å². The smallest absolute Gasteiger partial charge is 0.141 e. The Kier molecular flexibility index (Phi) is 6.91. The molecule has 3 nitrogen and oxygen atoms in total. The Balaban J connectivity index is 0.00000162. The molecule has 0 unspecified atom stereocenters. The molecule has 4 heteroatoms. The van der Waals surface area contributed by atoms with Gasteiger partial charge in [0.05, 0.1) is 12.8 Å². The quantitative estimate of drug-likeness (QED) is 0.890. The molecule has 0 atom stereocenters. The molecule has 0 aliphatic carbocycles. The molecule has 0 saturated carbocycles. The second-order valence-corrected chi connectivity index (χ2v) is 4.53. The van der Waals surface area contributed by atoms with Gasteiger partial charge < -0.3 is 15.0 Å². The fraction of sp³-hybridized carbons (Fsp3) is 0.571. The summed E-state index contributed by atoms with van der Waals surface area (Å²) >= 11 is 0. The minimum atomic E-state index is 0. The highest BCUT2D eigenvalue weighted by molar-refractivity contribution is 5.85. The van der Waals surface area contributed by atoms with Crippen molar-refractivity contribution in [3.8, 4) is 5.75 Å². The zero-order valence-corrected chi connectivity index (χ0v) is 11.8. The SMILES string of the molecule is COc1ccccc1NCCN1CCCCC1.Cl. The number of methoxy groups -OCH3 is 1. The number of ether oxygens (including phenoxy) is 1. The Morgan fingerprint density at radius 3 is 2.61 bits per heavy atom. The predicted molar refractivity (Wildman–Crippen MR) is 79.0 cm³/mol. The highest BCUT2D eigenvalue weighted by Crippen LogP contribution is 2.22. The molecule has 1 aromatic carbocycles. The number of nitrogens with zero attached hydrogens (tertiary/aromatic N) is 1. The van der Waals surface area contributed by atoms with E-state index in [1.165, 1.54) is 32.4 Å². The molecule has 0 amide bonds. The third-order valence-corrected chi connectivity index (χ3v) is 3.30. The van der Waals surface area contributed by atoms with Crippen molar-refractivity contribution in [1.82, 2.24) is 4.90 Å². The lowest BCUT2D eigenvalue weighted by atomic mass is 10.1. The van der Waals surface area contributed by atoms with Crippen molar-refractivity contribution in [3.05, 3.63) is 24.3 Å². The minimum absolute atomic E-state index is 0. The summed E-state index contributed by atoms with van der Waals surface area (Å²) in [7, 11) is 1.71. The summed E-state index contributed by atoms with van der Waals surface area (Å²) in [5.74, 6) is 0.922. The first kappa shape index (κ1) is 15.1. The Labute approximate surface area is 116 Å². The summed E-state index contributed by atoms with van der Waals surface area (Å²) in [5.41, 5.74) is 1.09. The fourth-order valence-corrected chi connectivity index (χ4v) is 2.32. The van der Waals surface area contributed by atoms with Gasteiger partial charge in [0.2, 0.25) is 0 Å². The highest BCUT2D eigenvalue weighted by Gasteiger charge is 2.09. The van der Waals surface area contributed by atoms with E-state index in [1.54, 1.807) is 7.11 Å². The number of piperidine rings is 1. The van der Waals surface area contributed by atoms with Crippen LogP contribution in [0.1, 0.15) is 19.3 Å². The van der Waals surface area contributed by atoms with Gasteiger partial charge in [-0.05, 0) is 38.1 Å². The van der Waals surface area contributed by atoms with Gasteiger partial charge >= 0.3 is 0 Å². The van der Waals surface area contributed by atoms with Crippen molar-refractivity contribution in [2.75, 3.05) is 38.6 Å². The summed E-state index contributed by atoms with van der Waals surface area (Å²) in [6.07, 6.45) is 4.11. The van der Waals surface area contributed by atoms with Crippen molar-refractivity contribution in [3.63, 3.8) is 0 Å². The average Bonchev–Trinajstić information content (AvgIpc) is 2.40. The maximum Gasteiger partial charge on any atom is 0.141 e. The number of likely N-dealkylation sites (tertiary alicyclic amines) is 1. The van der Waals surface area contributed by atoms with E-state index in [-0.39, 0.29) is 12.4 Å². The third kappa shape index (κ3) is 4.39. The van der Waals surface area contributed by atoms with Crippen LogP contribution < -0.4 is 10.1 Å². The van der Waals surface area contributed by atoms with E-state index in [4.69, 9.17) is 4.74 Å². The topological polar surface area (TPSA) is 24.5 Å². The number of para-hydroxylation sites is 2. The van der Waals surface area contributed by atoms with Crippen LogP contribution in [0.5, 0.6) is 5.75 Å². The number of nitrogens with one attached hydrogen (secondary N) is 1. The normalized spacial score (nSPS) is 15.8. The first-order valence-corrected chi connectivity index (χ1v) is 6.49. The third-order valence-electron chi connectivity index (χ3n) is 3.30. The highest BCUT2D eigenvalue weighted by atomic mass is 35.5. The molecule has 1 saturated heterocycles. The molecule has 0 spiro atoms. The summed E-state index contributed by atoms with van der Waals surface area (Å²) in [6.45, 7) is 4.62. The minimum Gasteiger partial charge on any atom is -0.495 e. The number of benzene rings is 1. The lowest BCUT2D eigenvalue weighted by molar-refractivity contribution is 0.237. The maximum absolute atomic E-state index is 5.31. The Morgan fingerprint density at radius 1 is 1.17 bits per heavy atom. The van der Waals surface area contributed by atoms with Crippen molar-refractivity contribution >= 4 is 18.1 Å². The molecule has 1 N–H and O–H groups in total. The second-order valence-electron chi connectivity index (χ2n) is 4.53. The van der Waals surface area contributed by atoms with E-state index in [0.29, 0.717) is 0 Å². The largest absolute Gasteiger partial charge is 0.495 e. The molecule has 0 bridgehead atoms. The molecular weight excluding hydrogens is 248 g/mol. The number of anilines is 1. The zero-order chi connectivity index (χ0) is 11.9. The van der Waals surface area contributed by atoms with Gasteiger partial charge in [0.15, 0.2) is 0 Å². The first-order valence-electron chi connectivity index (χ1n) is 6.49. The van der Waals surface area contributed by atoms with Gasteiger partial charge in [-0.2, -0.15) is 0 Å². The molecule has 1 aliphatic heterocycles. The van der Waals surface area contributed by atoms with E-state index < -0.39 is 0 Å². The summed E-state index contributed by atoms with van der Waals surface area (Å²) in [5, 5.41) is 3.44. The van der Waals surface area contributed by atoms with Gasteiger partial charge in [-0.3, -0.25) is 0 Å². The van der Waals surface area contributed by atoms with Gasteiger partial charge in [-0.15, -0.1) is 12.4 Å². The summed E-state index contributed by atoms with van der Waals surface area (Å²) in [6, 6.07) is 8.08. The van der Waals surface area contributed by atoms with Crippen LogP contribution in [0, 0.1) is 0 Å². The van der Waals surface area contributed by atoms with Crippen molar-refractivity contribution in [1.29, 1.82) is 0 Å². The van der Waals surface area contributed by atoms with Crippen LogP contribution in [0.25, 0.3) is 0 Å². The van der Waals surface area contributed by atoms with Gasteiger partial charge in [-0.1, -0.05) is 18.6 Å². The fourth-order valence-electron chi connectivity index (χ4n) is 2.32. The molecule has 2 rings (SSSR count). The van der Waals surface area contributed by atoms with Crippen LogP contribution in [-0.2, 0) is 0 Å². The number of rotatable bonds is 5. The second kappa shape index (κ2) is 8.22. The average molecular weight is 271 g/mol. The van der Waals surface area contributed by atoms with Crippen LogP contribution in [0.4, 0.5) is 5.69 Å². The van der Waals surface area contributed by atoms with Crippen molar-refractivity contribution in [2.24, 2.45) is 0 Å². The van der Waals surface area contributed by atoms with Crippen molar-refractivity contribution in [2.45, 2.75) is 19.3 Å². The number of halogens is 1. The van der Waals surface area contributed by atoms with E-state index in [1.807, 2.05) is 18.2 Å². The summed E-state index contributed by atoms with van der Waals surface area (Å²) in [4.78, 5) is 2.53. The molecule has 1 aromatic rings. The molecular formula is C14H23ClN2O. The van der Waals surface area contributed by atoms with Gasteiger partial charge in [-0.25, -0.2) is 0 Å². The molecule has 1 fully saturated rings. The van der Waals surface area contributed by atoms with Gasteiger partial charge in [0, 0.05) is 13.1 Å². The molecule has 0 radical (unpaired) electrons. The molecule has 1 heterocycles. The van der Waals surface area contributed by atoms with E-state index >= 15 is 0 Å². The molecule has 18 heavy (non-hydrogen) atoms. The van der Waals surface area contributed by atoms with E-state index in [2.05, 4.69) is 16.3 Å². The maximum atomic E-state index is 5.31. The first-order chi connectivity index (χ1) is 8.40. The molecule has 102 valence electrons. The lowest BCUT2D eigenvalue weighted by Gasteiger charge is -2.26. The Hall–Kier alpha value is -0.930. The number of hydrogen-bond acceptors (Lipinski definition) is 3. The standard InChI is InChI=1S/C14H22N2O.ClH/c1-17-14-8-4-3-7-13(14)15-9-12-16-10-5-2-6-11-16;/h3-4,7-8,15H,2,5-6,9-12H2,1H3;1H. The van der Waals surface area contributed by atoms with Crippen LogP contribution in [-0.4, -0.2) is 38.2 Å². The zero-order valence-electron chi connectivity index (χ0n) is 11.0. The van der Waals surface area contributed by atoms with Crippen molar-refractivity contribution < 1.29 is 4.74 Å². The lowest BCUT2D eigenvalue weighted by Crippen LogP contribution is -2.33. The van der Waals surface area contributed by atoms with E-state index in [9.17, 15) is 0 Å².